The number of rotatable bonds is 5. The molecule has 0 amide bonds. The smallest absolute Gasteiger partial charge is 0.127 e. The maximum atomic E-state index is 10.6. The standard InChI is InChI=1S/C26H40N6O/c1-16-11-22(31(6)7)19-12-18(23(33)13-21(19)29-16)20(27)9-10-24(28)32(8)17-14-25(2,3)30-26(4,5)15-17/h9-13,17,30,33H,14-15,27-28H2,1-8H3/b20-9-,24-10+. The van der Waals surface area contributed by atoms with Crippen molar-refractivity contribution >= 4 is 22.3 Å². The molecule has 0 saturated carbocycles. The quantitative estimate of drug-likeness (QED) is 0.513. The van der Waals surface area contributed by atoms with Crippen LogP contribution in [0.2, 0.25) is 0 Å². The second-order valence-electron chi connectivity index (χ2n) is 10.8. The Morgan fingerprint density at radius 1 is 1.06 bits per heavy atom. The molecule has 1 aliphatic rings. The number of anilines is 1. The Kier molecular flexibility index (Phi) is 6.58. The first-order chi connectivity index (χ1) is 15.2. The van der Waals surface area contributed by atoms with Crippen LogP contribution in [0.15, 0.2) is 36.2 Å². The Labute approximate surface area is 198 Å². The van der Waals surface area contributed by atoms with Crippen LogP contribution in [-0.2, 0) is 0 Å². The SMILES string of the molecule is Cc1cc(N(C)C)c2cc(/C(N)=C/C=C(\N)N(C)C3CC(C)(C)NC(C)(C)C3)c(O)cc2n1. The average molecular weight is 453 g/mol. The summed E-state index contributed by atoms with van der Waals surface area (Å²) in [5.74, 6) is 0.740. The predicted octanol–water partition coefficient (Wildman–Crippen LogP) is 3.66. The number of phenols is 1. The molecule has 33 heavy (non-hydrogen) atoms. The third-order valence-corrected chi connectivity index (χ3v) is 6.38. The molecular formula is C26H40N6O. The van der Waals surface area contributed by atoms with Gasteiger partial charge < -0.3 is 31.7 Å². The van der Waals surface area contributed by atoms with Crippen LogP contribution in [0, 0.1) is 6.92 Å². The highest BCUT2D eigenvalue weighted by atomic mass is 16.3. The van der Waals surface area contributed by atoms with E-state index >= 15 is 0 Å². The summed E-state index contributed by atoms with van der Waals surface area (Å²) in [5.41, 5.74) is 16.6. The first kappa shape index (κ1) is 24.7. The molecule has 3 rings (SSSR count). The number of nitrogens with one attached hydrogen (secondary N) is 1. The molecule has 0 atom stereocenters. The zero-order valence-corrected chi connectivity index (χ0v) is 21.3. The molecule has 7 nitrogen and oxygen atoms in total. The van der Waals surface area contributed by atoms with Gasteiger partial charge in [-0.15, -0.1) is 0 Å². The number of nitrogens with two attached hydrogens (primary N) is 2. The number of nitrogens with zero attached hydrogens (tertiary/aromatic N) is 3. The van der Waals surface area contributed by atoms with Gasteiger partial charge in [0.25, 0.3) is 0 Å². The number of phenolic OH excluding ortho intramolecular Hbond substituents is 1. The number of fused-ring (bicyclic) bond motifs is 1. The van der Waals surface area contributed by atoms with Gasteiger partial charge in [0.05, 0.1) is 11.3 Å². The van der Waals surface area contributed by atoms with Gasteiger partial charge in [-0.2, -0.15) is 0 Å². The van der Waals surface area contributed by atoms with Crippen molar-refractivity contribution in [1.82, 2.24) is 15.2 Å². The Bertz CT molecular complexity index is 1080. The molecule has 2 heterocycles. The van der Waals surface area contributed by atoms with Crippen molar-refractivity contribution in [3.8, 4) is 5.75 Å². The van der Waals surface area contributed by atoms with E-state index < -0.39 is 0 Å². The third-order valence-electron chi connectivity index (χ3n) is 6.38. The van der Waals surface area contributed by atoms with Crippen LogP contribution in [0.1, 0.15) is 51.8 Å². The van der Waals surface area contributed by atoms with E-state index in [2.05, 4.69) is 42.9 Å². The zero-order valence-electron chi connectivity index (χ0n) is 21.3. The second kappa shape index (κ2) is 8.78. The lowest BCUT2D eigenvalue weighted by atomic mass is 9.79. The van der Waals surface area contributed by atoms with Gasteiger partial charge in [0.15, 0.2) is 0 Å². The van der Waals surface area contributed by atoms with Crippen LogP contribution < -0.4 is 21.7 Å². The van der Waals surface area contributed by atoms with Gasteiger partial charge in [0, 0.05) is 72.4 Å². The van der Waals surface area contributed by atoms with Crippen LogP contribution in [-0.4, -0.2) is 53.3 Å². The number of aryl methyl sites for hydroxylation is 1. The Morgan fingerprint density at radius 2 is 1.67 bits per heavy atom. The highest BCUT2D eigenvalue weighted by molar-refractivity contribution is 5.95. The van der Waals surface area contributed by atoms with Crippen LogP contribution in [0.5, 0.6) is 5.75 Å². The van der Waals surface area contributed by atoms with Crippen LogP contribution >= 0.6 is 0 Å². The van der Waals surface area contributed by atoms with Crippen LogP contribution in [0.3, 0.4) is 0 Å². The van der Waals surface area contributed by atoms with Gasteiger partial charge in [-0.1, -0.05) is 0 Å². The number of pyridine rings is 1. The first-order valence-electron chi connectivity index (χ1n) is 11.5. The lowest BCUT2D eigenvalue weighted by molar-refractivity contribution is 0.0981. The highest BCUT2D eigenvalue weighted by Crippen LogP contribution is 2.34. The van der Waals surface area contributed by atoms with E-state index in [0.717, 1.165) is 35.1 Å². The van der Waals surface area contributed by atoms with E-state index in [1.165, 1.54) is 0 Å². The van der Waals surface area contributed by atoms with Gasteiger partial charge in [-0.3, -0.25) is 4.98 Å². The first-order valence-corrected chi connectivity index (χ1v) is 11.5. The summed E-state index contributed by atoms with van der Waals surface area (Å²) < 4.78 is 0. The van der Waals surface area contributed by atoms with E-state index in [1.807, 2.05) is 51.2 Å². The van der Waals surface area contributed by atoms with E-state index in [1.54, 1.807) is 12.1 Å². The molecule has 0 bridgehead atoms. The summed E-state index contributed by atoms with van der Waals surface area (Å²) in [6.45, 7) is 10.9. The number of allylic oxidation sites excluding steroid dienone is 2. The fraction of sp³-hybridized carbons (Fsp3) is 0.500. The molecule has 0 radical (unpaired) electrons. The van der Waals surface area contributed by atoms with E-state index in [9.17, 15) is 5.11 Å². The average Bonchev–Trinajstić information content (AvgIpc) is 2.67. The number of aromatic nitrogens is 1. The van der Waals surface area contributed by atoms with Crippen molar-refractivity contribution in [2.75, 3.05) is 26.0 Å². The minimum Gasteiger partial charge on any atom is -0.507 e. The zero-order chi connectivity index (χ0) is 24.7. The Hall–Kier alpha value is -2.93. The van der Waals surface area contributed by atoms with Crippen molar-refractivity contribution < 1.29 is 5.11 Å². The van der Waals surface area contributed by atoms with E-state index in [0.29, 0.717) is 23.1 Å². The maximum absolute atomic E-state index is 10.6. The summed E-state index contributed by atoms with van der Waals surface area (Å²) in [6.07, 6.45) is 5.57. The van der Waals surface area contributed by atoms with E-state index in [4.69, 9.17) is 11.5 Å². The molecule has 0 spiro atoms. The molecule has 180 valence electrons. The van der Waals surface area contributed by atoms with Gasteiger partial charge in [0.1, 0.15) is 5.75 Å². The summed E-state index contributed by atoms with van der Waals surface area (Å²) in [4.78, 5) is 8.73. The van der Waals surface area contributed by atoms with Crippen molar-refractivity contribution in [3.05, 3.63) is 47.4 Å². The number of hydrogen-bond acceptors (Lipinski definition) is 7. The normalized spacial score (nSPS) is 19.0. The number of piperidine rings is 1. The second-order valence-corrected chi connectivity index (χ2v) is 10.8. The molecule has 6 N–H and O–H groups in total. The summed E-state index contributed by atoms with van der Waals surface area (Å²) in [6, 6.07) is 5.90. The van der Waals surface area contributed by atoms with E-state index in [-0.39, 0.29) is 16.8 Å². The monoisotopic (exact) mass is 452 g/mol. The molecule has 2 aromatic rings. The molecule has 0 aliphatic carbocycles. The lowest BCUT2D eigenvalue weighted by Gasteiger charge is -2.49. The molecule has 0 unspecified atom stereocenters. The number of hydrogen-bond donors (Lipinski definition) is 4. The predicted molar refractivity (Wildman–Crippen MR) is 139 cm³/mol. The lowest BCUT2D eigenvalue weighted by Crippen LogP contribution is -2.61. The minimum atomic E-state index is 0.0310. The third kappa shape index (κ3) is 5.53. The van der Waals surface area contributed by atoms with Gasteiger partial charge >= 0.3 is 0 Å². The van der Waals surface area contributed by atoms with Crippen molar-refractivity contribution in [3.63, 3.8) is 0 Å². The number of aromatic hydroxyl groups is 1. The minimum absolute atomic E-state index is 0.0310. The van der Waals surface area contributed by atoms with Gasteiger partial charge in [-0.05, 0) is 71.7 Å². The maximum Gasteiger partial charge on any atom is 0.127 e. The molecule has 1 saturated heterocycles. The molecule has 1 aliphatic heterocycles. The van der Waals surface area contributed by atoms with Crippen molar-refractivity contribution in [1.29, 1.82) is 0 Å². The van der Waals surface area contributed by atoms with Crippen LogP contribution in [0.25, 0.3) is 16.6 Å². The fourth-order valence-electron chi connectivity index (χ4n) is 5.11. The fourth-order valence-corrected chi connectivity index (χ4v) is 5.11. The summed E-state index contributed by atoms with van der Waals surface area (Å²) in [5, 5.41) is 15.3. The van der Waals surface area contributed by atoms with Crippen LogP contribution in [0.4, 0.5) is 5.69 Å². The topological polar surface area (TPSA) is 104 Å². The Balaban J connectivity index is 1.91. The molecule has 7 heteroatoms. The molecule has 1 fully saturated rings. The molecule has 1 aromatic heterocycles. The van der Waals surface area contributed by atoms with Crippen molar-refractivity contribution in [2.24, 2.45) is 11.5 Å². The Morgan fingerprint density at radius 3 is 2.24 bits per heavy atom. The number of benzene rings is 1. The summed E-state index contributed by atoms with van der Waals surface area (Å²) in [7, 11) is 6.01. The highest BCUT2D eigenvalue weighted by Gasteiger charge is 2.39. The summed E-state index contributed by atoms with van der Waals surface area (Å²) >= 11 is 0. The van der Waals surface area contributed by atoms with Gasteiger partial charge in [-0.25, -0.2) is 0 Å². The molecule has 1 aromatic carbocycles. The van der Waals surface area contributed by atoms with Crippen molar-refractivity contribution in [2.45, 2.75) is 64.6 Å². The largest absolute Gasteiger partial charge is 0.507 e. The molecular weight excluding hydrogens is 412 g/mol. The van der Waals surface area contributed by atoms with Gasteiger partial charge in [0.2, 0.25) is 0 Å².